The number of hydrogen-bond acceptors (Lipinski definition) is 7. The molecule has 1 aliphatic rings. The predicted octanol–water partition coefficient (Wildman–Crippen LogP) is 1.75. The van der Waals surface area contributed by atoms with Gasteiger partial charge in [0, 0.05) is 55.6 Å². The molecule has 37 heavy (non-hydrogen) atoms. The van der Waals surface area contributed by atoms with E-state index >= 15 is 0 Å². The summed E-state index contributed by atoms with van der Waals surface area (Å²) in [5.74, 6) is 0.768. The molecule has 4 rings (SSSR count). The number of ether oxygens (including phenoxy) is 1. The topological polar surface area (TPSA) is 119 Å². The first kappa shape index (κ1) is 26.7. The molecule has 2 aromatic heterocycles. The lowest BCUT2D eigenvalue weighted by molar-refractivity contribution is -0.120. The van der Waals surface area contributed by atoms with Crippen LogP contribution in [0.2, 0.25) is 5.02 Å². The highest BCUT2D eigenvalue weighted by atomic mass is 35.5. The Morgan fingerprint density at radius 2 is 1.89 bits per heavy atom. The Balaban J connectivity index is 1.46. The van der Waals surface area contributed by atoms with Crippen LogP contribution in [0.5, 0.6) is 0 Å². The fraction of sp³-hybridized carbons (Fsp3) is 0.423. The van der Waals surface area contributed by atoms with Gasteiger partial charge < -0.3 is 26.1 Å². The van der Waals surface area contributed by atoms with E-state index in [9.17, 15) is 9.59 Å². The lowest BCUT2D eigenvalue weighted by Crippen LogP contribution is -2.38. The third kappa shape index (κ3) is 6.15. The molecule has 198 valence electrons. The zero-order chi connectivity index (χ0) is 26.5. The summed E-state index contributed by atoms with van der Waals surface area (Å²) in [6, 6.07) is 7.25. The van der Waals surface area contributed by atoms with Gasteiger partial charge in [-0.2, -0.15) is 5.10 Å². The number of nitrogens with zero attached hydrogens (tertiary/aromatic N) is 4. The number of aromatic nitrogens is 3. The maximum absolute atomic E-state index is 13.3. The number of amides is 1. The van der Waals surface area contributed by atoms with Crippen LogP contribution >= 0.6 is 11.6 Å². The minimum absolute atomic E-state index is 0.0311. The molecule has 0 radical (unpaired) electrons. The molecule has 1 amide bonds. The minimum atomic E-state index is -0.255. The summed E-state index contributed by atoms with van der Waals surface area (Å²) in [5, 5.41) is 8.06. The molecule has 0 aliphatic carbocycles. The van der Waals surface area contributed by atoms with E-state index in [1.165, 1.54) is 4.68 Å². The van der Waals surface area contributed by atoms with Crippen LogP contribution in [0.15, 0.2) is 35.3 Å². The molecular weight excluding hydrogens is 494 g/mol. The summed E-state index contributed by atoms with van der Waals surface area (Å²) in [7, 11) is 1.93. The molecule has 0 bridgehead atoms. The van der Waals surface area contributed by atoms with E-state index in [2.05, 4.69) is 20.7 Å². The van der Waals surface area contributed by atoms with E-state index in [0.717, 1.165) is 46.9 Å². The number of halogens is 1. The largest absolute Gasteiger partial charge is 0.378 e. The maximum Gasteiger partial charge on any atom is 0.272 e. The van der Waals surface area contributed by atoms with Crippen LogP contribution in [-0.4, -0.2) is 46.7 Å². The average molecular weight is 528 g/mol. The van der Waals surface area contributed by atoms with Gasteiger partial charge in [-0.3, -0.25) is 14.3 Å². The summed E-state index contributed by atoms with van der Waals surface area (Å²) < 4.78 is 8.81. The standard InChI is InChI=1S/C26H34ClN7O3/c1-17-6-7-34(30-16-23-18(2)31-32(3)25(23)33-8-10-37-11-9-33)26(36)22(17)13-24(35)29-15-20-12-21(27)5-4-19(20)14-28/h4-7,12,30H,8-11,13-16,28H2,1-3H3,(H,29,35). The third-order valence-electron chi connectivity index (χ3n) is 6.68. The first-order chi connectivity index (χ1) is 17.8. The van der Waals surface area contributed by atoms with Gasteiger partial charge >= 0.3 is 0 Å². The monoisotopic (exact) mass is 527 g/mol. The summed E-state index contributed by atoms with van der Waals surface area (Å²) in [6.07, 6.45) is 1.66. The fourth-order valence-corrected chi connectivity index (χ4v) is 4.81. The van der Waals surface area contributed by atoms with Crippen molar-refractivity contribution in [3.05, 3.63) is 79.3 Å². The highest BCUT2D eigenvalue weighted by molar-refractivity contribution is 6.30. The van der Waals surface area contributed by atoms with Crippen molar-refractivity contribution in [2.75, 3.05) is 36.6 Å². The molecule has 4 N–H and O–H groups in total. The normalized spacial score (nSPS) is 13.6. The lowest BCUT2D eigenvalue weighted by Gasteiger charge is -2.29. The molecule has 3 heterocycles. The maximum atomic E-state index is 13.3. The zero-order valence-electron chi connectivity index (χ0n) is 21.5. The molecule has 10 nitrogen and oxygen atoms in total. The molecule has 0 atom stereocenters. The Labute approximate surface area is 221 Å². The van der Waals surface area contributed by atoms with Gasteiger partial charge in [0.25, 0.3) is 5.56 Å². The molecule has 0 unspecified atom stereocenters. The van der Waals surface area contributed by atoms with Gasteiger partial charge in [0.1, 0.15) is 5.82 Å². The van der Waals surface area contributed by atoms with Crippen LogP contribution < -0.4 is 26.9 Å². The van der Waals surface area contributed by atoms with E-state index in [4.69, 9.17) is 22.1 Å². The van der Waals surface area contributed by atoms with Gasteiger partial charge in [-0.05, 0) is 48.7 Å². The average Bonchev–Trinajstić information content (AvgIpc) is 3.17. The Bertz CT molecular complexity index is 1330. The number of carbonyl (C=O) groups is 1. The van der Waals surface area contributed by atoms with Crippen molar-refractivity contribution in [1.29, 1.82) is 0 Å². The van der Waals surface area contributed by atoms with Crippen molar-refractivity contribution in [3.8, 4) is 0 Å². The number of morpholine rings is 1. The van der Waals surface area contributed by atoms with E-state index in [1.807, 2.05) is 37.7 Å². The van der Waals surface area contributed by atoms with E-state index in [1.54, 1.807) is 18.3 Å². The Morgan fingerprint density at radius 1 is 1.14 bits per heavy atom. The summed E-state index contributed by atoms with van der Waals surface area (Å²) >= 11 is 6.10. The van der Waals surface area contributed by atoms with E-state index in [-0.39, 0.29) is 24.4 Å². The number of nitrogens with one attached hydrogen (secondary N) is 2. The smallest absolute Gasteiger partial charge is 0.272 e. The molecule has 1 saturated heterocycles. The summed E-state index contributed by atoms with van der Waals surface area (Å²) in [4.78, 5) is 28.3. The number of aryl methyl sites for hydroxylation is 3. The number of pyridine rings is 1. The fourth-order valence-electron chi connectivity index (χ4n) is 4.62. The molecule has 0 spiro atoms. The molecule has 3 aromatic rings. The van der Waals surface area contributed by atoms with Crippen molar-refractivity contribution in [2.45, 2.75) is 39.9 Å². The van der Waals surface area contributed by atoms with E-state index < -0.39 is 0 Å². The molecule has 0 saturated carbocycles. The first-order valence-corrected chi connectivity index (χ1v) is 12.7. The zero-order valence-corrected chi connectivity index (χ0v) is 22.3. The van der Waals surface area contributed by atoms with Crippen LogP contribution in [0.1, 0.15) is 33.5 Å². The SMILES string of the molecule is Cc1ccn(NCc2c(C)nn(C)c2N2CCOCC2)c(=O)c1CC(=O)NCc1cc(Cl)ccc1CN. The Kier molecular flexibility index (Phi) is 8.52. The van der Waals surface area contributed by atoms with Gasteiger partial charge in [-0.25, -0.2) is 4.68 Å². The quantitative estimate of drug-likeness (QED) is 0.388. The summed E-state index contributed by atoms with van der Waals surface area (Å²) in [6.45, 7) is 7.77. The van der Waals surface area contributed by atoms with Crippen molar-refractivity contribution in [3.63, 3.8) is 0 Å². The highest BCUT2D eigenvalue weighted by Crippen LogP contribution is 2.24. The van der Waals surface area contributed by atoms with Crippen LogP contribution in [0.3, 0.4) is 0 Å². The lowest BCUT2D eigenvalue weighted by atomic mass is 10.1. The molecule has 1 fully saturated rings. The molecular formula is C26H34ClN7O3. The second-order valence-electron chi connectivity index (χ2n) is 9.17. The first-order valence-electron chi connectivity index (χ1n) is 12.3. The predicted molar refractivity (Wildman–Crippen MR) is 144 cm³/mol. The van der Waals surface area contributed by atoms with Crippen molar-refractivity contribution in [2.24, 2.45) is 12.8 Å². The van der Waals surface area contributed by atoms with Gasteiger partial charge in [0.05, 0.1) is 31.9 Å². The Morgan fingerprint density at radius 3 is 2.62 bits per heavy atom. The van der Waals surface area contributed by atoms with E-state index in [0.29, 0.717) is 36.9 Å². The number of carbonyl (C=O) groups excluding carboxylic acids is 1. The van der Waals surface area contributed by atoms with Gasteiger partial charge in [-0.15, -0.1) is 0 Å². The van der Waals surface area contributed by atoms with Crippen LogP contribution in [-0.2, 0) is 42.6 Å². The second kappa shape index (κ2) is 11.8. The summed E-state index contributed by atoms with van der Waals surface area (Å²) in [5.41, 5.74) is 13.6. The molecule has 1 aliphatic heterocycles. The molecule has 11 heteroatoms. The van der Waals surface area contributed by atoms with Crippen molar-refractivity contribution < 1.29 is 9.53 Å². The second-order valence-corrected chi connectivity index (χ2v) is 9.61. The van der Waals surface area contributed by atoms with Crippen molar-refractivity contribution >= 4 is 23.3 Å². The van der Waals surface area contributed by atoms with Gasteiger partial charge in [0.2, 0.25) is 5.91 Å². The van der Waals surface area contributed by atoms with Crippen LogP contribution in [0, 0.1) is 13.8 Å². The highest BCUT2D eigenvalue weighted by Gasteiger charge is 2.21. The van der Waals surface area contributed by atoms with Crippen LogP contribution in [0.4, 0.5) is 5.82 Å². The van der Waals surface area contributed by atoms with Crippen molar-refractivity contribution in [1.82, 2.24) is 19.8 Å². The van der Waals surface area contributed by atoms with Gasteiger partial charge in [-0.1, -0.05) is 17.7 Å². The third-order valence-corrected chi connectivity index (χ3v) is 6.91. The number of hydrogen-bond donors (Lipinski definition) is 3. The number of benzene rings is 1. The number of anilines is 1. The molecule has 1 aromatic carbocycles. The number of rotatable bonds is 9. The van der Waals surface area contributed by atoms with Crippen LogP contribution in [0.25, 0.3) is 0 Å². The van der Waals surface area contributed by atoms with Gasteiger partial charge in [0.15, 0.2) is 0 Å². The Hall–Kier alpha value is -3.34. The number of nitrogens with two attached hydrogens (primary N) is 1. The minimum Gasteiger partial charge on any atom is -0.378 e.